The number of amides is 1. The number of hydrogen-bond donors (Lipinski definition) is 2. The standard InChI is InChI=1S/C19H15N3O4/c1-12-10-14(19(24)25)2-4-16(12)17-5-3-15(26-17)11-21-22-18(23)13-6-8-20-9-7-13/h2-11H,1H3,(H,22,23)(H,24,25). The lowest BCUT2D eigenvalue weighted by atomic mass is 10.0. The average Bonchev–Trinajstić information content (AvgIpc) is 3.10. The van der Waals surface area contributed by atoms with Gasteiger partial charge in [0.25, 0.3) is 5.91 Å². The molecule has 0 saturated carbocycles. The van der Waals surface area contributed by atoms with Crippen molar-refractivity contribution in [2.45, 2.75) is 6.92 Å². The summed E-state index contributed by atoms with van der Waals surface area (Å²) in [6.07, 6.45) is 4.44. The van der Waals surface area contributed by atoms with Crippen molar-refractivity contribution in [3.05, 3.63) is 77.3 Å². The third-order valence-corrected chi connectivity index (χ3v) is 3.67. The first-order chi connectivity index (χ1) is 12.5. The highest BCUT2D eigenvalue weighted by Crippen LogP contribution is 2.26. The van der Waals surface area contributed by atoms with Crippen LogP contribution in [0.25, 0.3) is 11.3 Å². The SMILES string of the molecule is Cc1cc(C(=O)O)ccc1-c1ccc(C=NNC(=O)c2ccncc2)o1. The Morgan fingerprint density at radius 3 is 2.58 bits per heavy atom. The van der Waals surface area contributed by atoms with Gasteiger partial charge >= 0.3 is 5.97 Å². The summed E-state index contributed by atoms with van der Waals surface area (Å²) in [5.41, 5.74) is 4.65. The van der Waals surface area contributed by atoms with Crippen molar-refractivity contribution in [1.82, 2.24) is 10.4 Å². The molecule has 0 aliphatic carbocycles. The number of carboxylic acids is 1. The fourth-order valence-electron chi connectivity index (χ4n) is 2.36. The van der Waals surface area contributed by atoms with Crippen LogP contribution >= 0.6 is 0 Å². The first-order valence-corrected chi connectivity index (χ1v) is 7.72. The molecular formula is C19H15N3O4. The third kappa shape index (κ3) is 3.84. The van der Waals surface area contributed by atoms with Gasteiger partial charge in [-0.2, -0.15) is 5.10 Å². The molecule has 0 bridgehead atoms. The zero-order valence-corrected chi connectivity index (χ0v) is 13.8. The van der Waals surface area contributed by atoms with Crippen LogP contribution < -0.4 is 5.43 Å². The fraction of sp³-hybridized carbons (Fsp3) is 0.0526. The van der Waals surface area contributed by atoms with Crippen LogP contribution in [-0.2, 0) is 0 Å². The fourth-order valence-corrected chi connectivity index (χ4v) is 2.36. The molecule has 26 heavy (non-hydrogen) atoms. The Morgan fingerprint density at radius 1 is 1.12 bits per heavy atom. The van der Waals surface area contributed by atoms with Crippen LogP contribution in [0.2, 0.25) is 0 Å². The summed E-state index contributed by atoms with van der Waals surface area (Å²) in [6.45, 7) is 1.81. The van der Waals surface area contributed by atoms with Gasteiger partial charge in [-0.05, 0) is 48.9 Å². The Kier molecular flexibility index (Phi) is 4.89. The van der Waals surface area contributed by atoms with Crippen molar-refractivity contribution in [3.8, 4) is 11.3 Å². The smallest absolute Gasteiger partial charge is 0.335 e. The number of carbonyl (C=O) groups is 2. The minimum atomic E-state index is -0.975. The lowest BCUT2D eigenvalue weighted by Gasteiger charge is -2.03. The molecule has 3 aromatic rings. The van der Waals surface area contributed by atoms with Crippen LogP contribution in [0.15, 0.2) is 64.4 Å². The number of aromatic carboxylic acids is 1. The number of furan rings is 1. The minimum absolute atomic E-state index is 0.221. The molecule has 2 N–H and O–H groups in total. The van der Waals surface area contributed by atoms with E-state index in [1.807, 2.05) is 6.92 Å². The number of aryl methyl sites for hydroxylation is 1. The van der Waals surface area contributed by atoms with Crippen molar-refractivity contribution in [3.63, 3.8) is 0 Å². The van der Waals surface area contributed by atoms with Crippen molar-refractivity contribution in [2.24, 2.45) is 5.10 Å². The molecule has 7 heteroatoms. The highest BCUT2D eigenvalue weighted by molar-refractivity contribution is 5.94. The van der Waals surface area contributed by atoms with E-state index in [-0.39, 0.29) is 11.5 Å². The van der Waals surface area contributed by atoms with Crippen LogP contribution in [0.3, 0.4) is 0 Å². The van der Waals surface area contributed by atoms with Crippen LogP contribution in [0.4, 0.5) is 0 Å². The van der Waals surface area contributed by atoms with Crippen LogP contribution in [0, 0.1) is 6.92 Å². The van der Waals surface area contributed by atoms with Gasteiger partial charge in [0, 0.05) is 23.5 Å². The summed E-state index contributed by atoms with van der Waals surface area (Å²) in [5.74, 6) is -0.287. The van der Waals surface area contributed by atoms with Gasteiger partial charge in [-0.1, -0.05) is 6.07 Å². The van der Waals surface area contributed by atoms with Crippen LogP contribution in [0.5, 0.6) is 0 Å². The van der Waals surface area contributed by atoms with Gasteiger partial charge in [0.15, 0.2) is 0 Å². The molecule has 7 nitrogen and oxygen atoms in total. The summed E-state index contributed by atoms with van der Waals surface area (Å²) in [4.78, 5) is 26.7. The molecule has 3 rings (SSSR count). The lowest BCUT2D eigenvalue weighted by molar-refractivity contribution is 0.0696. The summed E-state index contributed by atoms with van der Waals surface area (Å²) in [7, 11) is 0. The molecule has 0 aliphatic heterocycles. The second kappa shape index (κ2) is 7.43. The van der Waals surface area contributed by atoms with E-state index in [9.17, 15) is 9.59 Å². The summed E-state index contributed by atoms with van der Waals surface area (Å²) in [6, 6.07) is 11.4. The van der Waals surface area contributed by atoms with Crippen molar-refractivity contribution in [2.75, 3.05) is 0 Å². The van der Waals surface area contributed by atoms with E-state index in [1.54, 1.807) is 36.4 Å². The summed E-state index contributed by atoms with van der Waals surface area (Å²) < 4.78 is 5.68. The molecule has 0 saturated heterocycles. The number of aromatic nitrogens is 1. The molecule has 0 aliphatic rings. The van der Waals surface area contributed by atoms with E-state index in [2.05, 4.69) is 15.5 Å². The Balaban J connectivity index is 1.70. The number of rotatable bonds is 5. The van der Waals surface area contributed by atoms with Gasteiger partial charge in [0.1, 0.15) is 11.5 Å². The maximum Gasteiger partial charge on any atom is 0.335 e. The van der Waals surface area contributed by atoms with Gasteiger partial charge in [-0.3, -0.25) is 9.78 Å². The highest BCUT2D eigenvalue weighted by Gasteiger charge is 2.10. The zero-order valence-electron chi connectivity index (χ0n) is 13.8. The molecule has 0 unspecified atom stereocenters. The normalized spacial score (nSPS) is 10.8. The van der Waals surface area contributed by atoms with E-state index in [0.29, 0.717) is 17.1 Å². The van der Waals surface area contributed by atoms with E-state index < -0.39 is 5.97 Å². The maximum absolute atomic E-state index is 11.9. The quantitative estimate of drug-likeness (QED) is 0.544. The Morgan fingerprint density at radius 2 is 1.88 bits per heavy atom. The Hall–Kier alpha value is -3.74. The summed E-state index contributed by atoms with van der Waals surface area (Å²) in [5, 5.41) is 12.9. The predicted octanol–water partition coefficient (Wildman–Crippen LogP) is 3.11. The lowest BCUT2D eigenvalue weighted by Crippen LogP contribution is -2.17. The Bertz CT molecular complexity index is 977. The van der Waals surface area contributed by atoms with Crippen LogP contribution in [-0.4, -0.2) is 28.2 Å². The Labute approximate surface area is 149 Å². The molecule has 0 atom stereocenters. The van der Waals surface area contributed by atoms with Crippen molar-refractivity contribution < 1.29 is 19.1 Å². The molecule has 1 aromatic carbocycles. The van der Waals surface area contributed by atoms with Gasteiger partial charge < -0.3 is 9.52 Å². The molecule has 0 spiro atoms. The number of nitrogens with one attached hydrogen (secondary N) is 1. The summed E-state index contributed by atoms with van der Waals surface area (Å²) >= 11 is 0. The second-order valence-corrected chi connectivity index (χ2v) is 5.47. The van der Waals surface area contributed by atoms with Gasteiger partial charge in [-0.25, -0.2) is 10.2 Å². The third-order valence-electron chi connectivity index (χ3n) is 3.67. The van der Waals surface area contributed by atoms with Crippen molar-refractivity contribution >= 4 is 18.1 Å². The van der Waals surface area contributed by atoms with E-state index in [1.165, 1.54) is 24.7 Å². The van der Waals surface area contributed by atoms with E-state index in [4.69, 9.17) is 9.52 Å². The monoisotopic (exact) mass is 349 g/mol. The minimum Gasteiger partial charge on any atom is -0.478 e. The van der Waals surface area contributed by atoms with Gasteiger partial charge in [0.05, 0.1) is 11.8 Å². The van der Waals surface area contributed by atoms with Crippen molar-refractivity contribution in [1.29, 1.82) is 0 Å². The second-order valence-electron chi connectivity index (χ2n) is 5.47. The number of benzene rings is 1. The maximum atomic E-state index is 11.9. The number of hydrogen-bond acceptors (Lipinski definition) is 5. The topological polar surface area (TPSA) is 105 Å². The highest BCUT2D eigenvalue weighted by atomic mass is 16.4. The van der Waals surface area contributed by atoms with Gasteiger partial charge in [0.2, 0.25) is 0 Å². The van der Waals surface area contributed by atoms with Crippen LogP contribution in [0.1, 0.15) is 32.0 Å². The molecular weight excluding hydrogens is 334 g/mol. The zero-order chi connectivity index (χ0) is 18.5. The predicted molar refractivity (Wildman–Crippen MR) is 95.1 cm³/mol. The number of pyridine rings is 1. The molecule has 1 amide bonds. The first kappa shape index (κ1) is 17.1. The molecule has 2 heterocycles. The van der Waals surface area contributed by atoms with E-state index in [0.717, 1.165) is 11.1 Å². The number of hydrazone groups is 1. The molecule has 130 valence electrons. The molecule has 0 fully saturated rings. The number of carbonyl (C=O) groups excluding carboxylic acids is 1. The average molecular weight is 349 g/mol. The number of carboxylic acid groups (broad SMARTS) is 1. The molecule has 2 aromatic heterocycles. The van der Waals surface area contributed by atoms with Gasteiger partial charge in [-0.15, -0.1) is 0 Å². The van der Waals surface area contributed by atoms with E-state index >= 15 is 0 Å². The first-order valence-electron chi connectivity index (χ1n) is 7.72. The largest absolute Gasteiger partial charge is 0.478 e. The molecule has 0 radical (unpaired) electrons. The number of nitrogens with zero attached hydrogens (tertiary/aromatic N) is 2.